The molecule has 2 rings (SSSR count). The minimum Gasteiger partial charge on any atom is -0.475 e. The van der Waals surface area contributed by atoms with Gasteiger partial charge in [0, 0.05) is 19.5 Å². The van der Waals surface area contributed by atoms with Gasteiger partial charge >= 0.3 is 6.08 Å². The molecule has 0 saturated carbocycles. The number of fused-ring (bicyclic) bond motifs is 1. The lowest BCUT2D eigenvalue weighted by Gasteiger charge is -2.28. The topological polar surface area (TPSA) is 38.3 Å². The summed E-state index contributed by atoms with van der Waals surface area (Å²) < 4.78 is 43.5. The van der Waals surface area contributed by atoms with Crippen LogP contribution in [0.4, 0.5) is 13.2 Å². The lowest BCUT2D eigenvalue weighted by molar-refractivity contribution is 0.0800. The highest BCUT2D eigenvalue weighted by Crippen LogP contribution is 2.26. The molecule has 1 aromatic heterocycles. The quantitative estimate of drug-likeness (QED) is 0.788. The smallest absolute Gasteiger partial charge is 0.312 e. The van der Waals surface area contributed by atoms with E-state index in [9.17, 15) is 13.2 Å². The maximum Gasteiger partial charge on any atom is 0.312 e. The highest BCUT2D eigenvalue weighted by atomic mass is 19.3. The highest BCUT2D eigenvalue weighted by molar-refractivity contribution is 5.32. The number of ether oxygens (including phenoxy) is 1. The lowest BCUT2D eigenvalue weighted by atomic mass is 10.1. The number of alkyl halides is 2. The van der Waals surface area contributed by atoms with E-state index in [1.807, 2.05) is 0 Å². The van der Waals surface area contributed by atoms with E-state index in [0.29, 0.717) is 24.2 Å². The molecule has 106 valence electrons. The molecule has 0 bridgehead atoms. The molecule has 0 unspecified atom stereocenters. The number of rotatable bonds is 4. The third-order valence-electron chi connectivity index (χ3n) is 2.82. The summed E-state index contributed by atoms with van der Waals surface area (Å²) in [6, 6.07) is 0. The normalized spacial score (nSPS) is 15.9. The summed E-state index contributed by atoms with van der Waals surface area (Å²) in [5.74, 6) is 0.163. The molecular formula is C12H16F3N3O. The first kappa shape index (κ1) is 14.0. The van der Waals surface area contributed by atoms with Crippen molar-refractivity contribution in [3.8, 4) is 5.88 Å². The van der Waals surface area contributed by atoms with Crippen molar-refractivity contribution in [1.82, 2.24) is 14.9 Å². The zero-order valence-electron chi connectivity index (χ0n) is 10.9. The van der Waals surface area contributed by atoms with Crippen molar-refractivity contribution < 1.29 is 17.9 Å². The van der Waals surface area contributed by atoms with Gasteiger partial charge in [0.05, 0.1) is 23.9 Å². The average Bonchev–Trinajstić information content (AvgIpc) is 2.28. The van der Waals surface area contributed by atoms with Gasteiger partial charge in [0.1, 0.15) is 0 Å². The summed E-state index contributed by atoms with van der Waals surface area (Å²) in [5, 5.41) is 0. The first-order valence-corrected chi connectivity index (χ1v) is 6.18. The molecule has 0 spiro atoms. The fraction of sp³-hybridized carbons (Fsp3) is 0.667. The zero-order valence-corrected chi connectivity index (χ0v) is 10.9. The maximum atomic E-state index is 13.3. The van der Waals surface area contributed by atoms with Gasteiger partial charge in [0.15, 0.2) is 0 Å². The second-order valence-electron chi connectivity index (χ2n) is 4.77. The molecule has 0 aromatic carbocycles. The summed E-state index contributed by atoms with van der Waals surface area (Å²) in [4.78, 5) is 8.95. The van der Waals surface area contributed by atoms with Crippen LogP contribution in [-0.4, -0.2) is 40.5 Å². The first-order valence-electron chi connectivity index (χ1n) is 6.18. The summed E-state index contributed by atoms with van der Waals surface area (Å²) in [6.45, 7) is 3.99. The van der Waals surface area contributed by atoms with Gasteiger partial charge in [0.25, 0.3) is 6.43 Å². The van der Waals surface area contributed by atoms with Crippen molar-refractivity contribution in [2.45, 2.75) is 39.3 Å². The van der Waals surface area contributed by atoms with Gasteiger partial charge < -0.3 is 4.74 Å². The molecule has 0 atom stereocenters. The number of hydrogen-bond acceptors (Lipinski definition) is 4. The lowest BCUT2D eigenvalue weighted by Crippen LogP contribution is -2.35. The highest BCUT2D eigenvalue weighted by Gasteiger charge is 2.25. The van der Waals surface area contributed by atoms with E-state index in [4.69, 9.17) is 4.74 Å². The van der Waals surface area contributed by atoms with E-state index in [2.05, 4.69) is 9.97 Å². The van der Waals surface area contributed by atoms with Crippen molar-refractivity contribution in [3.05, 3.63) is 17.3 Å². The molecule has 2 heterocycles. The van der Waals surface area contributed by atoms with Crippen LogP contribution in [0.3, 0.4) is 0 Å². The van der Waals surface area contributed by atoms with Crippen molar-refractivity contribution >= 4 is 0 Å². The zero-order chi connectivity index (χ0) is 14.0. The number of hydrogen-bond donors (Lipinski definition) is 0. The Morgan fingerprint density at radius 1 is 1.32 bits per heavy atom. The Kier molecular flexibility index (Phi) is 4.24. The van der Waals surface area contributed by atoms with Crippen LogP contribution in [0.25, 0.3) is 0 Å². The Bertz CT molecular complexity index is 454. The molecule has 0 amide bonds. The standard InChI is InChI=1S/C12H16F3N3O/c1-7(2)19-11-8-5-18(6-10(13)14)4-3-9(8)16-12(15)17-11/h7,10H,3-6H2,1-2H3. The van der Waals surface area contributed by atoms with Gasteiger partial charge in [-0.25, -0.2) is 13.8 Å². The number of halogens is 3. The van der Waals surface area contributed by atoms with Crippen LogP contribution in [-0.2, 0) is 13.0 Å². The monoisotopic (exact) mass is 275 g/mol. The van der Waals surface area contributed by atoms with Crippen LogP contribution in [0.15, 0.2) is 0 Å². The second kappa shape index (κ2) is 5.73. The Balaban J connectivity index is 2.25. The van der Waals surface area contributed by atoms with Gasteiger partial charge in [-0.15, -0.1) is 0 Å². The number of aromatic nitrogens is 2. The largest absolute Gasteiger partial charge is 0.475 e. The van der Waals surface area contributed by atoms with Gasteiger partial charge in [-0.2, -0.15) is 9.37 Å². The molecule has 0 radical (unpaired) electrons. The molecule has 0 saturated heterocycles. The third-order valence-corrected chi connectivity index (χ3v) is 2.82. The Labute approximate surface area is 109 Å². The fourth-order valence-electron chi connectivity index (χ4n) is 2.08. The summed E-state index contributed by atoms with van der Waals surface area (Å²) in [5.41, 5.74) is 1.16. The minimum absolute atomic E-state index is 0.163. The molecule has 19 heavy (non-hydrogen) atoms. The second-order valence-corrected chi connectivity index (χ2v) is 4.77. The van der Waals surface area contributed by atoms with Crippen LogP contribution in [0, 0.1) is 6.08 Å². The van der Waals surface area contributed by atoms with Crippen LogP contribution in [0.2, 0.25) is 0 Å². The van der Waals surface area contributed by atoms with Crippen LogP contribution >= 0.6 is 0 Å². The molecule has 0 aliphatic carbocycles. The van der Waals surface area contributed by atoms with Gasteiger partial charge in [-0.05, 0) is 13.8 Å². The van der Waals surface area contributed by atoms with Gasteiger partial charge in [0.2, 0.25) is 5.88 Å². The molecule has 1 aliphatic heterocycles. The number of nitrogens with zero attached hydrogens (tertiary/aromatic N) is 3. The van der Waals surface area contributed by atoms with Crippen LogP contribution in [0.5, 0.6) is 5.88 Å². The first-order chi connectivity index (χ1) is 8.95. The molecule has 1 aromatic rings. The van der Waals surface area contributed by atoms with Crippen molar-refractivity contribution in [2.24, 2.45) is 0 Å². The van der Waals surface area contributed by atoms with Gasteiger partial charge in [-0.3, -0.25) is 4.90 Å². The van der Waals surface area contributed by atoms with E-state index in [1.54, 1.807) is 18.7 Å². The predicted octanol–water partition coefficient (Wildman–Crippen LogP) is 2.03. The Morgan fingerprint density at radius 3 is 2.68 bits per heavy atom. The van der Waals surface area contributed by atoms with E-state index >= 15 is 0 Å². The summed E-state index contributed by atoms with van der Waals surface area (Å²) >= 11 is 0. The molecule has 7 heteroatoms. The molecular weight excluding hydrogens is 259 g/mol. The van der Waals surface area contributed by atoms with Gasteiger partial charge in [-0.1, -0.05) is 0 Å². The van der Waals surface area contributed by atoms with Crippen molar-refractivity contribution in [2.75, 3.05) is 13.1 Å². The summed E-state index contributed by atoms with van der Waals surface area (Å²) in [6.07, 6.45) is -2.96. The van der Waals surface area contributed by atoms with Crippen molar-refractivity contribution in [1.29, 1.82) is 0 Å². The van der Waals surface area contributed by atoms with E-state index in [1.165, 1.54) is 0 Å². The Hall–Kier alpha value is -1.37. The van der Waals surface area contributed by atoms with E-state index in [-0.39, 0.29) is 25.1 Å². The Morgan fingerprint density at radius 2 is 2.05 bits per heavy atom. The molecule has 0 fully saturated rings. The molecule has 4 nitrogen and oxygen atoms in total. The molecule has 1 aliphatic rings. The average molecular weight is 275 g/mol. The van der Waals surface area contributed by atoms with E-state index < -0.39 is 12.5 Å². The molecule has 0 N–H and O–H groups in total. The summed E-state index contributed by atoms with van der Waals surface area (Å²) in [7, 11) is 0. The fourth-order valence-corrected chi connectivity index (χ4v) is 2.08. The van der Waals surface area contributed by atoms with Crippen LogP contribution in [0.1, 0.15) is 25.1 Å². The van der Waals surface area contributed by atoms with Crippen LogP contribution < -0.4 is 4.74 Å². The van der Waals surface area contributed by atoms with E-state index in [0.717, 1.165) is 0 Å². The maximum absolute atomic E-state index is 13.3. The minimum atomic E-state index is -2.39. The SMILES string of the molecule is CC(C)Oc1nc(F)nc2c1CN(CC(F)F)CC2. The van der Waals surface area contributed by atoms with Crippen molar-refractivity contribution in [3.63, 3.8) is 0 Å². The third kappa shape index (κ3) is 3.56. The predicted molar refractivity (Wildman–Crippen MR) is 62.7 cm³/mol.